The Morgan fingerprint density at radius 2 is 2.23 bits per heavy atom. The summed E-state index contributed by atoms with van der Waals surface area (Å²) < 4.78 is 5.74. The molecule has 0 bridgehead atoms. The molecule has 0 saturated carbocycles. The van der Waals surface area contributed by atoms with Crippen LogP contribution in [0.25, 0.3) is 0 Å². The van der Waals surface area contributed by atoms with E-state index in [2.05, 4.69) is 20.8 Å². The summed E-state index contributed by atoms with van der Waals surface area (Å²) in [5.74, 6) is 0.577. The van der Waals surface area contributed by atoms with Crippen molar-refractivity contribution in [2.45, 2.75) is 58.1 Å². The molecule has 0 aromatic heterocycles. The van der Waals surface area contributed by atoms with Gasteiger partial charge in [-0.25, -0.2) is 0 Å². The average molecular weight is 185 g/mol. The third-order valence-corrected chi connectivity index (χ3v) is 3.31. The van der Waals surface area contributed by atoms with Crippen LogP contribution in [0.3, 0.4) is 0 Å². The van der Waals surface area contributed by atoms with Gasteiger partial charge in [0, 0.05) is 12.6 Å². The smallest absolute Gasteiger partial charge is 0.0808 e. The van der Waals surface area contributed by atoms with E-state index in [1.54, 1.807) is 0 Å². The van der Waals surface area contributed by atoms with Crippen molar-refractivity contribution in [1.29, 1.82) is 0 Å². The summed E-state index contributed by atoms with van der Waals surface area (Å²) in [4.78, 5) is 0. The van der Waals surface area contributed by atoms with E-state index in [-0.39, 0.29) is 11.6 Å². The van der Waals surface area contributed by atoms with Crippen LogP contribution in [0, 0.1) is 5.92 Å². The van der Waals surface area contributed by atoms with Gasteiger partial charge in [-0.15, -0.1) is 0 Å². The lowest BCUT2D eigenvalue weighted by atomic mass is 9.83. The fraction of sp³-hybridized carbons (Fsp3) is 1.00. The molecule has 1 rings (SSSR count). The van der Waals surface area contributed by atoms with Crippen molar-refractivity contribution in [1.82, 2.24) is 0 Å². The minimum absolute atomic E-state index is 0.0470. The van der Waals surface area contributed by atoms with Crippen molar-refractivity contribution in [3.8, 4) is 0 Å². The van der Waals surface area contributed by atoms with E-state index in [1.807, 2.05) is 0 Å². The Hall–Kier alpha value is -0.0800. The molecule has 78 valence electrons. The van der Waals surface area contributed by atoms with Gasteiger partial charge in [-0.05, 0) is 32.1 Å². The van der Waals surface area contributed by atoms with Gasteiger partial charge >= 0.3 is 0 Å². The summed E-state index contributed by atoms with van der Waals surface area (Å²) in [5.41, 5.74) is 6.17. The number of nitrogens with two attached hydrogens (primary N) is 1. The lowest BCUT2D eigenvalue weighted by Gasteiger charge is -2.34. The molecule has 13 heavy (non-hydrogen) atoms. The minimum atomic E-state index is -0.0470. The summed E-state index contributed by atoms with van der Waals surface area (Å²) in [6.07, 6.45) is 4.72. The van der Waals surface area contributed by atoms with Crippen molar-refractivity contribution >= 4 is 0 Å². The van der Waals surface area contributed by atoms with E-state index in [1.165, 1.54) is 19.3 Å². The maximum absolute atomic E-state index is 6.22. The van der Waals surface area contributed by atoms with E-state index in [0.29, 0.717) is 5.92 Å². The summed E-state index contributed by atoms with van der Waals surface area (Å²) in [5, 5.41) is 0. The second kappa shape index (κ2) is 4.43. The van der Waals surface area contributed by atoms with Crippen LogP contribution in [0.5, 0.6) is 0 Å². The highest BCUT2D eigenvalue weighted by molar-refractivity contribution is 4.92. The maximum atomic E-state index is 6.22. The number of hydrogen-bond donors (Lipinski definition) is 1. The Labute approximate surface area is 81.8 Å². The first-order chi connectivity index (χ1) is 6.10. The molecule has 2 N–H and O–H groups in total. The van der Waals surface area contributed by atoms with Crippen molar-refractivity contribution in [2.24, 2.45) is 11.7 Å². The van der Waals surface area contributed by atoms with Gasteiger partial charge < -0.3 is 10.5 Å². The highest BCUT2D eigenvalue weighted by atomic mass is 16.5. The first-order valence-electron chi connectivity index (χ1n) is 5.49. The van der Waals surface area contributed by atoms with Gasteiger partial charge in [0.15, 0.2) is 0 Å². The largest absolute Gasteiger partial charge is 0.374 e. The summed E-state index contributed by atoms with van der Waals surface area (Å²) in [6.45, 7) is 7.50. The first kappa shape index (κ1) is 11.0. The van der Waals surface area contributed by atoms with Gasteiger partial charge in [-0.3, -0.25) is 0 Å². The third kappa shape index (κ3) is 2.44. The topological polar surface area (TPSA) is 35.2 Å². The van der Waals surface area contributed by atoms with Crippen LogP contribution in [-0.2, 0) is 4.74 Å². The van der Waals surface area contributed by atoms with Crippen LogP contribution < -0.4 is 5.73 Å². The third-order valence-electron chi connectivity index (χ3n) is 3.31. The fourth-order valence-electron chi connectivity index (χ4n) is 2.30. The number of hydrogen-bond acceptors (Lipinski definition) is 2. The summed E-state index contributed by atoms with van der Waals surface area (Å²) in [7, 11) is 0. The Kier molecular flexibility index (Phi) is 3.74. The molecular weight excluding hydrogens is 162 g/mol. The molecule has 0 aromatic carbocycles. The fourth-order valence-corrected chi connectivity index (χ4v) is 2.30. The molecule has 0 radical (unpaired) electrons. The van der Waals surface area contributed by atoms with Crippen molar-refractivity contribution in [3.63, 3.8) is 0 Å². The first-order valence-corrected chi connectivity index (χ1v) is 5.49. The molecule has 1 aliphatic heterocycles. The SMILES string of the molecule is CCCC(C)C(N)C1(C)CCCO1. The summed E-state index contributed by atoms with van der Waals surface area (Å²) >= 11 is 0. The highest BCUT2D eigenvalue weighted by Gasteiger charge is 2.38. The zero-order chi connectivity index (χ0) is 9.90. The monoisotopic (exact) mass is 185 g/mol. The van der Waals surface area contributed by atoms with Crippen molar-refractivity contribution in [3.05, 3.63) is 0 Å². The van der Waals surface area contributed by atoms with Crippen LogP contribution in [0.1, 0.15) is 46.5 Å². The quantitative estimate of drug-likeness (QED) is 0.729. The van der Waals surface area contributed by atoms with Gasteiger partial charge in [-0.1, -0.05) is 20.3 Å². The molecule has 0 aromatic rings. The number of rotatable bonds is 4. The van der Waals surface area contributed by atoms with Crippen LogP contribution in [0.2, 0.25) is 0 Å². The number of ether oxygens (including phenoxy) is 1. The molecule has 3 unspecified atom stereocenters. The molecule has 0 spiro atoms. The minimum Gasteiger partial charge on any atom is -0.374 e. The van der Waals surface area contributed by atoms with Crippen molar-refractivity contribution in [2.75, 3.05) is 6.61 Å². The molecule has 2 heteroatoms. The highest BCUT2D eigenvalue weighted by Crippen LogP contribution is 2.31. The van der Waals surface area contributed by atoms with Crippen LogP contribution in [-0.4, -0.2) is 18.2 Å². The molecule has 0 aliphatic carbocycles. The van der Waals surface area contributed by atoms with Gasteiger partial charge in [0.2, 0.25) is 0 Å². The average Bonchev–Trinajstić information content (AvgIpc) is 2.52. The molecular formula is C11H23NO. The van der Waals surface area contributed by atoms with E-state index < -0.39 is 0 Å². The second-order valence-electron chi connectivity index (χ2n) is 4.56. The van der Waals surface area contributed by atoms with Gasteiger partial charge in [0.1, 0.15) is 0 Å². The maximum Gasteiger partial charge on any atom is 0.0808 e. The van der Waals surface area contributed by atoms with Gasteiger partial charge in [-0.2, -0.15) is 0 Å². The Bertz CT molecular complexity index is 152. The second-order valence-corrected chi connectivity index (χ2v) is 4.56. The molecule has 1 fully saturated rings. The molecule has 1 heterocycles. The lowest BCUT2D eigenvalue weighted by molar-refractivity contribution is -0.0156. The molecule has 2 nitrogen and oxygen atoms in total. The Morgan fingerprint density at radius 1 is 1.54 bits per heavy atom. The molecule has 1 saturated heterocycles. The lowest BCUT2D eigenvalue weighted by Crippen LogP contribution is -2.49. The molecule has 3 atom stereocenters. The van der Waals surface area contributed by atoms with E-state index in [4.69, 9.17) is 10.5 Å². The van der Waals surface area contributed by atoms with E-state index in [9.17, 15) is 0 Å². The van der Waals surface area contributed by atoms with Crippen molar-refractivity contribution < 1.29 is 4.74 Å². The molecule has 0 amide bonds. The zero-order valence-corrected chi connectivity index (χ0v) is 9.18. The van der Waals surface area contributed by atoms with E-state index >= 15 is 0 Å². The predicted octanol–water partition coefficient (Wildman–Crippen LogP) is 2.32. The predicted molar refractivity (Wildman–Crippen MR) is 55.6 cm³/mol. The standard InChI is InChI=1S/C11H23NO/c1-4-6-9(2)10(12)11(3)7-5-8-13-11/h9-10H,4-8,12H2,1-3H3. The zero-order valence-electron chi connectivity index (χ0n) is 9.18. The molecule has 1 aliphatic rings. The van der Waals surface area contributed by atoms with Gasteiger partial charge in [0.25, 0.3) is 0 Å². The normalized spacial score (nSPS) is 33.2. The summed E-state index contributed by atoms with van der Waals surface area (Å²) in [6, 6.07) is 0.204. The van der Waals surface area contributed by atoms with Crippen LogP contribution >= 0.6 is 0 Å². The van der Waals surface area contributed by atoms with Crippen LogP contribution in [0.4, 0.5) is 0 Å². The Balaban J connectivity index is 2.49. The van der Waals surface area contributed by atoms with Crippen LogP contribution in [0.15, 0.2) is 0 Å². The Morgan fingerprint density at radius 3 is 2.69 bits per heavy atom. The van der Waals surface area contributed by atoms with Gasteiger partial charge in [0.05, 0.1) is 5.60 Å². The van der Waals surface area contributed by atoms with E-state index in [0.717, 1.165) is 13.0 Å².